The van der Waals surface area contributed by atoms with Crippen LogP contribution in [0.2, 0.25) is 10.0 Å². The summed E-state index contributed by atoms with van der Waals surface area (Å²) in [6.45, 7) is 0.0692. The van der Waals surface area contributed by atoms with Crippen LogP contribution in [0.5, 0.6) is 11.5 Å². The van der Waals surface area contributed by atoms with Gasteiger partial charge in [-0.15, -0.1) is 12.4 Å². The smallest absolute Gasteiger partial charge is 0.345 e. The van der Waals surface area contributed by atoms with Gasteiger partial charge in [-0.1, -0.05) is 23.2 Å². The first-order valence-corrected chi connectivity index (χ1v) is 8.06. The van der Waals surface area contributed by atoms with Crippen LogP contribution in [0.15, 0.2) is 24.3 Å². The summed E-state index contributed by atoms with van der Waals surface area (Å²) in [5.74, 6) is -1.36. The van der Waals surface area contributed by atoms with E-state index in [9.17, 15) is 14.7 Å². The lowest BCUT2D eigenvalue weighted by molar-refractivity contribution is -0.144. The summed E-state index contributed by atoms with van der Waals surface area (Å²) in [6, 6.07) is 5.79. The van der Waals surface area contributed by atoms with Crippen LogP contribution in [0.25, 0.3) is 0 Å². The molecule has 0 aromatic heterocycles. The molecule has 1 heterocycles. The SMILES string of the molecule is Cl.NCc1cc(C(=O)c2cc3c(c(Cl)c2Cl)OC(C(=O)O)C3)ccc1O. The van der Waals surface area contributed by atoms with E-state index in [1.807, 2.05) is 0 Å². The number of nitrogens with two attached hydrogens (primary N) is 1. The number of phenols is 1. The highest BCUT2D eigenvalue weighted by Crippen LogP contribution is 2.43. The molecule has 0 spiro atoms. The Balaban J connectivity index is 0.00000243. The highest BCUT2D eigenvalue weighted by Gasteiger charge is 2.33. The monoisotopic (exact) mass is 417 g/mol. The van der Waals surface area contributed by atoms with Gasteiger partial charge in [-0.2, -0.15) is 0 Å². The van der Waals surface area contributed by atoms with Crippen LogP contribution in [0.1, 0.15) is 27.0 Å². The molecule has 0 aliphatic carbocycles. The summed E-state index contributed by atoms with van der Waals surface area (Å²) < 4.78 is 5.30. The minimum Gasteiger partial charge on any atom is -0.508 e. The van der Waals surface area contributed by atoms with Crippen molar-refractivity contribution in [2.24, 2.45) is 5.73 Å². The van der Waals surface area contributed by atoms with Gasteiger partial charge in [-0.3, -0.25) is 4.79 Å². The van der Waals surface area contributed by atoms with Crippen LogP contribution >= 0.6 is 35.6 Å². The van der Waals surface area contributed by atoms with Gasteiger partial charge in [0, 0.05) is 35.2 Å². The molecule has 138 valence electrons. The van der Waals surface area contributed by atoms with Gasteiger partial charge in [-0.25, -0.2) is 4.79 Å². The largest absolute Gasteiger partial charge is 0.508 e. The molecule has 0 bridgehead atoms. The third-order valence-electron chi connectivity index (χ3n) is 3.99. The molecule has 2 aromatic rings. The normalized spacial score (nSPS) is 15.0. The number of ether oxygens (including phenoxy) is 1. The third-order valence-corrected chi connectivity index (χ3v) is 4.84. The van der Waals surface area contributed by atoms with Crippen molar-refractivity contribution in [3.05, 3.63) is 56.6 Å². The second-order valence-electron chi connectivity index (χ2n) is 5.57. The molecule has 6 nitrogen and oxygen atoms in total. The van der Waals surface area contributed by atoms with Crippen molar-refractivity contribution in [1.29, 1.82) is 0 Å². The second kappa shape index (κ2) is 7.72. The zero-order chi connectivity index (χ0) is 18.3. The molecule has 0 amide bonds. The first kappa shape index (κ1) is 20.3. The lowest BCUT2D eigenvalue weighted by Gasteiger charge is -2.11. The standard InChI is InChI=1S/C17H13Cl2NO5.ClH/c18-13-10(15(22)7-1-2-11(21)9(3-7)6-20)4-8-5-12(17(23)24)25-16(8)14(13)19;/h1-4,12,21H,5-6,20H2,(H,23,24);1H. The average Bonchev–Trinajstić information content (AvgIpc) is 3.02. The number of rotatable bonds is 4. The number of ketones is 1. The highest BCUT2D eigenvalue weighted by molar-refractivity contribution is 6.45. The topological polar surface area (TPSA) is 110 Å². The van der Waals surface area contributed by atoms with Crippen molar-refractivity contribution in [3.8, 4) is 11.5 Å². The molecule has 1 aliphatic heterocycles. The Labute approximate surface area is 164 Å². The number of fused-ring (bicyclic) bond motifs is 1. The van der Waals surface area contributed by atoms with Crippen molar-refractivity contribution in [3.63, 3.8) is 0 Å². The molecule has 3 rings (SSSR count). The maximum absolute atomic E-state index is 12.8. The van der Waals surface area contributed by atoms with Crippen molar-refractivity contribution < 1.29 is 24.5 Å². The zero-order valence-corrected chi connectivity index (χ0v) is 15.5. The van der Waals surface area contributed by atoms with E-state index in [2.05, 4.69) is 0 Å². The van der Waals surface area contributed by atoms with Gasteiger partial charge in [0.25, 0.3) is 0 Å². The average molecular weight is 419 g/mol. The first-order chi connectivity index (χ1) is 11.8. The summed E-state index contributed by atoms with van der Waals surface area (Å²) in [4.78, 5) is 23.9. The lowest BCUT2D eigenvalue weighted by atomic mass is 9.98. The predicted octanol–water partition coefficient (Wildman–Crippen LogP) is 3.20. The number of aromatic hydroxyl groups is 1. The molecule has 1 unspecified atom stereocenters. The molecule has 2 aromatic carbocycles. The molecule has 26 heavy (non-hydrogen) atoms. The van der Waals surface area contributed by atoms with Gasteiger partial charge in [0.05, 0.1) is 5.02 Å². The van der Waals surface area contributed by atoms with E-state index >= 15 is 0 Å². The molecule has 4 N–H and O–H groups in total. The van der Waals surface area contributed by atoms with Gasteiger partial charge in [0.1, 0.15) is 16.5 Å². The second-order valence-corrected chi connectivity index (χ2v) is 6.32. The molecule has 9 heteroatoms. The molecule has 1 atom stereocenters. The van der Waals surface area contributed by atoms with Crippen LogP contribution in [0.3, 0.4) is 0 Å². The molecule has 0 radical (unpaired) electrons. The maximum atomic E-state index is 12.8. The Morgan fingerprint density at radius 1 is 1.23 bits per heavy atom. The Morgan fingerprint density at radius 3 is 2.54 bits per heavy atom. The Bertz CT molecular complexity index is 900. The maximum Gasteiger partial charge on any atom is 0.345 e. The van der Waals surface area contributed by atoms with E-state index < -0.39 is 17.9 Å². The van der Waals surface area contributed by atoms with Crippen molar-refractivity contribution in [1.82, 2.24) is 0 Å². The number of benzene rings is 2. The first-order valence-electron chi connectivity index (χ1n) is 7.30. The number of aliphatic carboxylic acids is 1. The van der Waals surface area contributed by atoms with Crippen molar-refractivity contribution in [2.45, 2.75) is 19.1 Å². The third kappa shape index (κ3) is 3.46. The van der Waals surface area contributed by atoms with Crippen LogP contribution in [0, 0.1) is 0 Å². The fraction of sp³-hybridized carbons (Fsp3) is 0.176. The van der Waals surface area contributed by atoms with Crippen LogP contribution in [-0.2, 0) is 17.8 Å². The summed E-state index contributed by atoms with van der Waals surface area (Å²) in [5.41, 5.74) is 6.88. The molecular weight excluding hydrogens is 405 g/mol. The zero-order valence-electron chi connectivity index (χ0n) is 13.2. The quantitative estimate of drug-likeness (QED) is 0.658. The summed E-state index contributed by atoms with van der Waals surface area (Å²) in [5, 5.41) is 18.8. The lowest BCUT2D eigenvalue weighted by Crippen LogP contribution is -2.24. The van der Waals surface area contributed by atoms with E-state index in [0.717, 1.165) is 0 Å². The van der Waals surface area contributed by atoms with Gasteiger partial charge < -0.3 is 20.7 Å². The van der Waals surface area contributed by atoms with Crippen LogP contribution < -0.4 is 10.5 Å². The van der Waals surface area contributed by atoms with E-state index in [4.69, 9.17) is 38.8 Å². The van der Waals surface area contributed by atoms with E-state index in [1.54, 1.807) is 0 Å². The minimum atomic E-state index is -1.12. The number of carboxylic acid groups (broad SMARTS) is 1. The number of hydrogen-bond acceptors (Lipinski definition) is 5. The predicted molar refractivity (Wildman–Crippen MR) is 98.9 cm³/mol. The van der Waals surface area contributed by atoms with Gasteiger partial charge in [0.15, 0.2) is 11.9 Å². The number of phenolic OH excluding ortho intramolecular Hbond substituents is 1. The van der Waals surface area contributed by atoms with Crippen molar-refractivity contribution >= 4 is 47.4 Å². The number of carbonyl (C=O) groups excluding carboxylic acids is 1. The van der Waals surface area contributed by atoms with E-state index in [1.165, 1.54) is 24.3 Å². The highest BCUT2D eigenvalue weighted by atomic mass is 35.5. The Kier molecular flexibility index (Phi) is 6.03. The van der Waals surface area contributed by atoms with E-state index in [-0.39, 0.29) is 58.0 Å². The van der Waals surface area contributed by atoms with Crippen LogP contribution in [-0.4, -0.2) is 28.1 Å². The Hall–Kier alpha value is -1.99. The molecule has 1 aliphatic rings. The number of halogens is 3. The van der Waals surface area contributed by atoms with Crippen molar-refractivity contribution in [2.75, 3.05) is 0 Å². The van der Waals surface area contributed by atoms with Crippen LogP contribution in [0.4, 0.5) is 0 Å². The molecule has 0 saturated carbocycles. The fourth-order valence-corrected chi connectivity index (χ4v) is 3.17. The number of carboxylic acids is 1. The van der Waals surface area contributed by atoms with Gasteiger partial charge >= 0.3 is 5.97 Å². The summed E-state index contributed by atoms with van der Waals surface area (Å²) >= 11 is 12.4. The summed E-state index contributed by atoms with van der Waals surface area (Å²) in [6.07, 6.45) is -0.975. The van der Waals surface area contributed by atoms with Gasteiger partial charge in [-0.05, 0) is 24.3 Å². The summed E-state index contributed by atoms with van der Waals surface area (Å²) in [7, 11) is 0. The Morgan fingerprint density at radius 2 is 1.92 bits per heavy atom. The fourth-order valence-electron chi connectivity index (χ4n) is 2.67. The number of hydrogen-bond donors (Lipinski definition) is 3. The molecule has 0 saturated heterocycles. The number of carbonyl (C=O) groups is 2. The molecule has 0 fully saturated rings. The van der Waals surface area contributed by atoms with E-state index in [0.29, 0.717) is 11.1 Å². The molecular formula is C17H14Cl3NO5. The minimum absolute atomic E-state index is 0. The van der Waals surface area contributed by atoms with Gasteiger partial charge in [0.2, 0.25) is 0 Å².